The number of nitrogens with zero attached hydrogens (tertiary/aromatic N) is 5. The van der Waals surface area contributed by atoms with Crippen molar-refractivity contribution in [2.24, 2.45) is 5.92 Å². The summed E-state index contributed by atoms with van der Waals surface area (Å²) in [5, 5.41) is 3.45. The molecule has 4 aromatic heterocycles. The second-order valence-corrected chi connectivity index (χ2v) is 6.52. The lowest BCUT2D eigenvalue weighted by atomic mass is 10.1. The first-order valence-corrected chi connectivity index (χ1v) is 8.35. The van der Waals surface area contributed by atoms with E-state index in [4.69, 9.17) is 0 Å². The van der Waals surface area contributed by atoms with E-state index in [2.05, 4.69) is 30.2 Å². The monoisotopic (exact) mass is 355 g/mol. The standard InChI is InChI=1S/C17H15F2N7/c18-17(19,11-1-2-11)9-24-15-22-7-13-12(6-21-14(13)25-15)10-5-23-16-20-3-4-26(16)8-10/h3-8,11H,1-2,9H2,(H2,21,22,24,25). The number of aromatic amines is 1. The van der Waals surface area contributed by atoms with Gasteiger partial charge < -0.3 is 10.3 Å². The van der Waals surface area contributed by atoms with Crippen molar-refractivity contribution in [2.45, 2.75) is 18.8 Å². The van der Waals surface area contributed by atoms with E-state index in [1.165, 1.54) is 0 Å². The number of H-pyrrole nitrogens is 1. The molecule has 0 spiro atoms. The zero-order valence-electron chi connectivity index (χ0n) is 13.7. The van der Waals surface area contributed by atoms with Gasteiger partial charge in [-0.25, -0.2) is 23.7 Å². The summed E-state index contributed by atoms with van der Waals surface area (Å²) < 4.78 is 29.4. The lowest BCUT2D eigenvalue weighted by molar-refractivity contribution is -0.00831. The molecule has 0 bridgehead atoms. The van der Waals surface area contributed by atoms with Gasteiger partial charge in [-0.15, -0.1) is 0 Å². The quantitative estimate of drug-likeness (QED) is 0.575. The summed E-state index contributed by atoms with van der Waals surface area (Å²) in [6.45, 7) is -0.446. The van der Waals surface area contributed by atoms with Gasteiger partial charge >= 0.3 is 0 Å². The Morgan fingerprint density at radius 2 is 2.12 bits per heavy atom. The number of anilines is 1. The van der Waals surface area contributed by atoms with Crippen LogP contribution in [0.25, 0.3) is 27.9 Å². The van der Waals surface area contributed by atoms with Crippen LogP contribution in [0.4, 0.5) is 14.7 Å². The van der Waals surface area contributed by atoms with E-state index in [-0.39, 0.29) is 5.95 Å². The van der Waals surface area contributed by atoms with Gasteiger partial charge in [0.05, 0.1) is 6.54 Å². The predicted molar refractivity (Wildman–Crippen MR) is 92.0 cm³/mol. The van der Waals surface area contributed by atoms with Crippen LogP contribution in [0.3, 0.4) is 0 Å². The van der Waals surface area contributed by atoms with Crippen molar-refractivity contribution < 1.29 is 8.78 Å². The molecule has 0 amide bonds. The van der Waals surface area contributed by atoms with Crippen molar-refractivity contribution in [1.82, 2.24) is 29.3 Å². The van der Waals surface area contributed by atoms with Crippen LogP contribution in [-0.4, -0.2) is 41.8 Å². The average Bonchev–Trinajstić information content (AvgIpc) is 3.27. The fourth-order valence-corrected chi connectivity index (χ4v) is 3.03. The van der Waals surface area contributed by atoms with Gasteiger partial charge in [0.1, 0.15) is 5.65 Å². The van der Waals surface area contributed by atoms with Gasteiger partial charge in [-0.05, 0) is 12.8 Å². The Bertz CT molecular complexity index is 1100. The summed E-state index contributed by atoms with van der Waals surface area (Å²) >= 11 is 0. The molecule has 2 N–H and O–H groups in total. The van der Waals surface area contributed by atoms with E-state index in [0.717, 1.165) is 16.5 Å². The minimum Gasteiger partial charge on any atom is -0.348 e. The molecule has 1 aliphatic rings. The number of imidazole rings is 1. The number of halogens is 2. The van der Waals surface area contributed by atoms with Crippen molar-refractivity contribution in [3.63, 3.8) is 0 Å². The van der Waals surface area contributed by atoms with Crippen molar-refractivity contribution in [1.29, 1.82) is 0 Å². The summed E-state index contributed by atoms with van der Waals surface area (Å²) in [6, 6.07) is 0. The Hall–Kier alpha value is -3.10. The van der Waals surface area contributed by atoms with Gasteiger partial charge in [0.2, 0.25) is 11.7 Å². The zero-order valence-corrected chi connectivity index (χ0v) is 13.7. The van der Waals surface area contributed by atoms with E-state index >= 15 is 0 Å². The molecule has 0 unspecified atom stereocenters. The minimum atomic E-state index is -2.72. The molecule has 9 heteroatoms. The predicted octanol–water partition coefficient (Wildman–Crippen LogP) is 3.12. The van der Waals surface area contributed by atoms with Crippen molar-refractivity contribution in [3.8, 4) is 11.1 Å². The fourth-order valence-electron chi connectivity index (χ4n) is 3.03. The molecule has 7 nitrogen and oxygen atoms in total. The molecular weight excluding hydrogens is 340 g/mol. The molecule has 5 rings (SSSR count). The number of hydrogen-bond acceptors (Lipinski definition) is 5. The topological polar surface area (TPSA) is 83.8 Å². The highest BCUT2D eigenvalue weighted by molar-refractivity contribution is 5.93. The maximum absolute atomic E-state index is 13.8. The molecule has 4 aromatic rings. The lowest BCUT2D eigenvalue weighted by Crippen LogP contribution is -2.29. The Morgan fingerprint density at radius 3 is 2.96 bits per heavy atom. The van der Waals surface area contributed by atoms with Crippen LogP contribution in [0.1, 0.15) is 12.8 Å². The minimum absolute atomic E-state index is 0.189. The summed E-state index contributed by atoms with van der Waals surface area (Å²) in [5.74, 6) is -2.42. The van der Waals surface area contributed by atoms with Crippen LogP contribution < -0.4 is 5.32 Å². The van der Waals surface area contributed by atoms with E-state index in [0.29, 0.717) is 24.3 Å². The third-order valence-corrected chi connectivity index (χ3v) is 4.65. The second kappa shape index (κ2) is 5.45. The molecule has 1 fully saturated rings. The average molecular weight is 355 g/mol. The van der Waals surface area contributed by atoms with Gasteiger partial charge in [0, 0.05) is 59.6 Å². The molecule has 26 heavy (non-hydrogen) atoms. The Labute approximate surface area is 146 Å². The van der Waals surface area contributed by atoms with Crippen molar-refractivity contribution >= 4 is 22.8 Å². The summed E-state index contributed by atoms with van der Waals surface area (Å²) in [7, 11) is 0. The molecule has 0 atom stereocenters. The molecular formula is C17H15F2N7. The molecule has 1 aliphatic carbocycles. The Kier molecular flexibility index (Phi) is 3.18. The first-order valence-electron chi connectivity index (χ1n) is 8.35. The van der Waals surface area contributed by atoms with Crippen LogP contribution >= 0.6 is 0 Å². The normalized spacial score (nSPS) is 15.0. The van der Waals surface area contributed by atoms with Crippen LogP contribution in [0.5, 0.6) is 0 Å². The number of nitrogens with one attached hydrogen (secondary N) is 2. The van der Waals surface area contributed by atoms with Crippen LogP contribution in [0.2, 0.25) is 0 Å². The highest BCUT2D eigenvalue weighted by atomic mass is 19.3. The number of hydrogen-bond donors (Lipinski definition) is 2. The van der Waals surface area contributed by atoms with E-state index in [1.807, 2.05) is 23.0 Å². The highest BCUT2D eigenvalue weighted by Gasteiger charge is 2.46. The van der Waals surface area contributed by atoms with Crippen molar-refractivity contribution in [2.75, 3.05) is 11.9 Å². The van der Waals surface area contributed by atoms with Crippen LogP contribution in [0.15, 0.2) is 37.2 Å². The maximum Gasteiger partial charge on any atom is 0.267 e. The van der Waals surface area contributed by atoms with Crippen LogP contribution in [-0.2, 0) is 0 Å². The van der Waals surface area contributed by atoms with E-state index in [1.54, 1.807) is 18.6 Å². The van der Waals surface area contributed by atoms with Crippen LogP contribution in [0, 0.1) is 5.92 Å². The molecule has 0 aliphatic heterocycles. The van der Waals surface area contributed by atoms with E-state index in [9.17, 15) is 8.78 Å². The third-order valence-electron chi connectivity index (χ3n) is 4.65. The van der Waals surface area contributed by atoms with Crippen molar-refractivity contribution in [3.05, 3.63) is 37.2 Å². The smallest absolute Gasteiger partial charge is 0.267 e. The molecule has 0 radical (unpaired) electrons. The molecule has 0 aromatic carbocycles. The molecule has 0 saturated heterocycles. The summed E-state index contributed by atoms with van der Waals surface area (Å²) in [4.78, 5) is 20.0. The van der Waals surface area contributed by atoms with Gasteiger partial charge in [-0.3, -0.25) is 4.40 Å². The number of alkyl halides is 2. The van der Waals surface area contributed by atoms with E-state index < -0.39 is 18.4 Å². The largest absolute Gasteiger partial charge is 0.348 e. The first-order chi connectivity index (χ1) is 12.6. The number of aromatic nitrogens is 6. The summed E-state index contributed by atoms with van der Waals surface area (Å²) in [6.07, 6.45) is 11.8. The first kappa shape index (κ1) is 15.2. The third kappa shape index (κ3) is 2.56. The SMILES string of the molecule is FC(F)(CNc1ncc2c(-c3cnc4nccn4c3)c[nH]c2n1)C1CC1. The Morgan fingerprint density at radius 1 is 1.23 bits per heavy atom. The maximum atomic E-state index is 13.8. The number of fused-ring (bicyclic) bond motifs is 2. The zero-order chi connectivity index (χ0) is 17.7. The second-order valence-electron chi connectivity index (χ2n) is 6.52. The highest BCUT2D eigenvalue weighted by Crippen LogP contribution is 2.43. The fraction of sp³-hybridized carbons (Fsp3) is 0.294. The van der Waals surface area contributed by atoms with Gasteiger partial charge in [-0.1, -0.05) is 0 Å². The van der Waals surface area contributed by atoms with Gasteiger partial charge in [-0.2, -0.15) is 4.98 Å². The lowest BCUT2D eigenvalue weighted by Gasteiger charge is -2.15. The molecule has 132 valence electrons. The molecule has 4 heterocycles. The van der Waals surface area contributed by atoms with Gasteiger partial charge in [0.15, 0.2) is 0 Å². The molecule has 1 saturated carbocycles. The Balaban J connectivity index is 1.43. The van der Waals surface area contributed by atoms with Gasteiger partial charge in [0.25, 0.3) is 5.92 Å². The summed E-state index contributed by atoms with van der Waals surface area (Å²) in [5.41, 5.74) is 2.35. The number of rotatable bonds is 5.